The standard InChI is InChI=1S/C14H7ClN2OS/c15-11-5-3-10(4-6-11)14-17-16-13(18-14)8-7-12-2-1-9-19-12/h1-6,9H. The van der Waals surface area contributed by atoms with Gasteiger partial charge in [-0.1, -0.05) is 22.8 Å². The average molecular weight is 287 g/mol. The molecule has 0 spiro atoms. The molecule has 92 valence electrons. The molecule has 3 rings (SSSR count). The third-order valence-corrected chi connectivity index (χ3v) is 3.37. The largest absolute Gasteiger partial charge is 0.410 e. The molecule has 0 saturated carbocycles. The summed E-state index contributed by atoms with van der Waals surface area (Å²) in [6.45, 7) is 0. The number of benzene rings is 1. The van der Waals surface area contributed by atoms with Gasteiger partial charge in [0.15, 0.2) is 0 Å². The summed E-state index contributed by atoms with van der Waals surface area (Å²) in [6, 6.07) is 11.1. The van der Waals surface area contributed by atoms with Gasteiger partial charge in [-0.2, -0.15) is 0 Å². The van der Waals surface area contributed by atoms with E-state index in [4.69, 9.17) is 16.0 Å². The van der Waals surface area contributed by atoms with Gasteiger partial charge in [-0.3, -0.25) is 0 Å². The maximum atomic E-state index is 5.82. The minimum absolute atomic E-state index is 0.304. The van der Waals surface area contributed by atoms with Crippen molar-refractivity contribution in [3.05, 3.63) is 57.6 Å². The molecular formula is C14H7ClN2OS. The van der Waals surface area contributed by atoms with Crippen molar-refractivity contribution in [3.8, 4) is 23.3 Å². The Hall–Kier alpha value is -2.09. The number of hydrogen-bond acceptors (Lipinski definition) is 4. The Kier molecular flexibility index (Phi) is 3.32. The fourth-order valence-corrected chi connectivity index (χ4v) is 2.14. The van der Waals surface area contributed by atoms with Gasteiger partial charge in [0, 0.05) is 16.5 Å². The van der Waals surface area contributed by atoms with Crippen molar-refractivity contribution in [3.63, 3.8) is 0 Å². The monoisotopic (exact) mass is 286 g/mol. The maximum Gasteiger partial charge on any atom is 0.294 e. The molecule has 0 atom stereocenters. The summed E-state index contributed by atoms with van der Waals surface area (Å²) >= 11 is 7.39. The van der Waals surface area contributed by atoms with E-state index in [9.17, 15) is 0 Å². The molecule has 3 nitrogen and oxygen atoms in total. The predicted octanol–water partition coefficient (Wildman–Crippen LogP) is 3.85. The first kappa shape index (κ1) is 12.0. The van der Waals surface area contributed by atoms with Gasteiger partial charge in [0.05, 0.1) is 4.88 Å². The summed E-state index contributed by atoms with van der Waals surface area (Å²) in [5, 5.41) is 10.5. The molecule has 0 unspecified atom stereocenters. The van der Waals surface area contributed by atoms with Gasteiger partial charge in [-0.25, -0.2) is 0 Å². The van der Waals surface area contributed by atoms with Crippen LogP contribution in [0.25, 0.3) is 11.5 Å². The van der Waals surface area contributed by atoms with Crippen LogP contribution in [0.15, 0.2) is 46.2 Å². The van der Waals surface area contributed by atoms with Gasteiger partial charge in [-0.15, -0.1) is 16.4 Å². The van der Waals surface area contributed by atoms with E-state index >= 15 is 0 Å². The van der Waals surface area contributed by atoms with E-state index in [1.165, 1.54) is 0 Å². The summed E-state index contributed by atoms with van der Waals surface area (Å²) in [4.78, 5) is 0.964. The van der Waals surface area contributed by atoms with Gasteiger partial charge < -0.3 is 4.42 Å². The predicted molar refractivity (Wildman–Crippen MR) is 75.0 cm³/mol. The van der Waals surface area contributed by atoms with Crippen LogP contribution in [-0.4, -0.2) is 10.2 Å². The van der Waals surface area contributed by atoms with Crippen LogP contribution in [0, 0.1) is 11.8 Å². The molecule has 0 bridgehead atoms. The van der Waals surface area contributed by atoms with E-state index in [0.29, 0.717) is 16.8 Å². The third-order valence-electron chi connectivity index (χ3n) is 2.33. The van der Waals surface area contributed by atoms with Crippen LogP contribution in [-0.2, 0) is 0 Å². The van der Waals surface area contributed by atoms with Gasteiger partial charge >= 0.3 is 0 Å². The third kappa shape index (κ3) is 2.84. The molecule has 0 aliphatic heterocycles. The topological polar surface area (TPSA) is 38.9 Å². The fraction of sp³-hybridized carbons (Fsp3) is 0. The Morgan fingerprint density at radius 3 is 2.63 bits per heavy atom. The number of nitrogens with zero attached hydrogens (tertiary/aromatic N) is 2. The van der Waals surface area contributed by atoms with Crippen molar-refractivity contribution >= 4 is 22.9 Å². The first-order valence-corrected chi connectivity index (χ1v) is 6.72. The van der Waals surface area contributed by atoms with Gasteiger partial charge in [-0.05, 0) is 41.6 Å². The summed E-state index contributed by atoms with van der Waals surface area (Å²) in [6.07, 6.45) is 0. The van der Waals surface area contributed by atoms with Crippen molar-refractivity contribution in [2.75, 3.05) is 0 Å². The van der Waals surface area contributed by atoms with E-state index in [1.807, 2.05) is 29.6 Å². The molecule has 1 aromatic carbocycles. The molecule has 19 heavy (non-hydrogen) atoms. The first-order chi connectivity index (χ1) is 9.31. The SMILES string of the molecule is Clc1ccc(-c2nnc(C#Cc3cccs3)o2)cc1. The normalized spacial score (nSPS) is 9.95. The zero-order chi connectivity index (χ0) is 13.1. The zero-order valence-electron chi connectivity index (χ0n) is 9.63. The zero-order valence-corrected chi connectivity index (χ0v) is 11.2. The fourth-order valence-electron chi connectivity index (χ4n) is 1.45. The Morgan fingerprint density at radius 1 is 1.05 bits per heavy atom. The molecule has 0 aliphatic carbocycles. The molecule has 5 heteroatoms. The van der Waals surface area contributed by atoms with Crippen LogP contribution in [0.2, 0.25) is 5.02 Å². The number of hydrogen-bond donors (Lipinski definition) is 0. The second-order valence-electron chi connectivity index (χ2n) is 3.65. The molecule has 0 amide bonds. The van der Waals surface area contributed by atoms with Crippen LogP contribution in [0.4, 0.5) is 0 Å². The van der Waals surface area contributed by atoms with Crippen LogP contribution < -0.4 is 0 Å². The van der Waals surface area contributed by atoms with Crippen LogP contribution in [0.3, 0.4) is 0 Å². The first-order valence-electron chi connectivity index (χ1n) is 5.46. The maximum absolute atomic E-state index is 5.82. The lowest BCUT2D eigenvalue weighted by Crippen LogP contribution is -1.76. The highest BCUT2D eigenvalue weighted by Gasteiger charge is 2.06. The van der Waals surface area contributed by atoms with Crippen LogP contribution >= 0.6 is 22.9 Å². The molecule has 0 fully saturated rings. The summed E-state index contributed by atoms with van der Waals surface area (Å²) in [5.74, 6) is 6.55. The van der Waals surface area contributed by atoms with Crippen molar-refractivity contribution in [2.45, 2.75) is 0 Å². The molecule has 0 aliphatic rings. The van der Waals surface area contributed by atoms with Crippen molar-refractivity contribution < 1.29 is 4.42 Å². The summed E-state index contributed by atoms with van der Waals surface area (Å²) in [7, 11) is 0. The molecule has 0 saturated heterocycles. The summed E-state index contributed by atoms with van der Waals surface area (Å²) in [5.41, 5.74) is 0.820. The quantitative estimate of drug-likeness (QED) is 0.638. The van der Waals surface area contributed by atoms with Crippen molar-refractivity contribution in [2.24, 2.45) is 0 Å². The number of halogens is 1. The highest BCUT2D eigenvalue weighted by atomic mass is 35.5. The van der Waals surface area contributed by atoms with Gasteiger partial charge in [0.25, 0.3) is 5.89 Å². The average Bonchev–Trinajstić information content (AvgIpc) is 3.09. The minimum atomic E-state index is 0.304. The highest BCUT2D eigenvalue weighted by Crippen LogP contribution is 2.19. The van der Waals surface area contributed by atoms with E-state index in [2.05, 4.69) is 22.0 Å². The molecule has 2 aromatic heterocycles. The van der Waals surface area contributed by atoms with Crippen LogP contribution in [0.1, 0.15) is 10.8 Å². The molecule has 3 aromatic rings. The lowest BCUT2D eigenvalue weighted by molar-refractivity contribution is 0.555. The minimum Gasteiger partial charge on any atom is -0.410 e. The molecule has 2 heterocycles. The molecule has 0 radical (unpaired) electrons. The van der Waals surface area contributed by atoms with E-state index in [0.717, 1.165) is 10.4 Å². The second-order valence-corrected chi connectivity index (χ2v) is 5.03. The smallest absolute Gasteiger partial charge is 0.294 e. The lowest BCUT2D eigenvalue weighted by Gasteiger charge is -1.93. The van der Waals surface area contributed by atoms with Crippen molar-refractivity contribution in [1.82, 2.24) is 10.2 Å². The Balaban J connectivity index is 1.85. The summed E-state index contributed by atoms with van der Waals surface area (Å²) < 4.78 is 5.47. The number of thiophene rings is 1. The van der Waals surface area contributed by atoms with E-state index in [1.54, 1.807) is 23.5 Å². The van der Waals surface area contributed by atoms with E-state index in [-0.39, 0.29) is 0 Å². The Labute approximate surface area is 118 Å². The molecule has 0 N–H and O–H groups in total. The number of aromatic nitrogens is 2. The van der Waals surface area contributed by atoms with Gasteiger partial charge in [0.1, 0.15) is 0 Å². The lowest BCUT2D eigenvalue weighted by atomic mass is 10.2. The highest BCUT2D eigenvalue weighted by molar-refractivity contribution is 7.10. The van der Waals surface area contributed by atoms with Crippen molar-refractivity contribution in [1.29, 1.82) is 0 Å². The second kappa shape index (κ2) is 5.27. The Bertz CT molecular complexity index is 736. The van der Waals surface area contributed by atoms with Gasteiger partial charge in [0.2, 0.25) is 5.89 Å². The molecular weight excluding hydrogens is 280 g/mol. The van der Waals surface area contributed by atoms with E-state index < -0.39 is 0 Å². The Morgan fingerprint density at radius 2 is 1.89 bits per heavy atom. The van der Waals surface area contributed by atoms with Crippen LogP contribution in [0.5, 0.6) is 0 Å². The number of rotatable bonds is 1.